The molecule has 0 radical (unpaired) electrons. The number of aromatic nitrogens is 7. The summed E-state index contributed by atoms with van der Waals surface area (Å²) in [6.45, 7) is 7.69. The topological polar surface area (TPSA) is 171 Å². The second-order valence-corrected chi connectivity index (χ2v) is 14.4. The van der Waals surface area contributed by atoms with Crippen LogP contribution in [0.25, 0.3) is 17.8 Å². The second-order valence-electron chi connectivity index (χ2n) is 13.1. The standard InChI is InChI=1S/C35H39ClN10O5S/c1-35(2,3)27-21-52-33(38-27)40-31(47)23-13-17-45-29(18-23)39-30(44-16-5-6-25(20-44)51-34(49)37-15-14-36)26(32(45)48)11-12-28-41-43-46(42-28)19-22-7-9-24(50-4)10-8-22/h7-13,17-18,21,25H,5-6,14-16,19-20H2,1-4H3,(H,37,49)(H,38,40,47)/t25-/m0/s1. The van der Waals surface area contributed by atoms with Crippen molar-refractivity contribution in [1.29, 1.82) is 0 Å². The summed E-state index contributed by atoms with van der Waals surface area (Å²) in [7, 11) is 1.61. The Morgan fingerprint density at radius 3 is 2.67 bits per heavy atom. The molecular weight excluding hydrogens is 708 g/mol. The number of halogens is 1. The molecule has 5 aromatic rings. The van der Waals surface area contributed by atoms with Gasteiger partial charge in [0.15, 0.2) is 11.0 Å². The third kappa shape index (κ3) is 8.74. The molecule has 4 aromatic heterocycles. The molecule has 1 aliphatic heterocycles. The number of ether oxygens (including phenoxy) is 2. The van der Waals surface area contributed by atoms with Crippen molar-refractivity contribution in [2.24, 2.45) is 0 Å². The number of alkyl carbamates (subject to hydrolysis) is 1. The van der Waals surface area contributed by atoms with E-state index in [9.17, 15) is 14.4 Å². The van der Waals surface area contributed by atoms with Crippen LogP contribution >= 0.6 is 22.9 Å². The van der Waals surface area contributed by atoms with Crippen LogP contribution in [0.2, 0.25) is 0 Å². The van der Waals surface area contributed by atoms with E-state index in [2.05, 4.69) is 51.8 Å². The number of nitrogens with one attached hydrogen (secondary N) is 2. The molecular formula is C35H39ClN10O5S. The van der Waals surface area contributed by atoms with Crippen LogP contribution in [0.5, 0.6) is 5.75 Å². The van der Waals surface area contributed by atoms with Gasteiger partial charge in [-0.2, -0.15) is 4.80 Å². The zero-order valence-corrected chi connectivity index (χ0v) is 30.8. The number of rotatable bonds is 11. The molecule has 0 aliphatic carbocycles. The number of alkyl halides is 1. The third-order valence-electron chi connectivity index (χ3n) is 8.27. The zero-order valence-electron chi connectivity index (χ0n) is 29.2. The number of carbonyl (C=O) groups is 2. The number of amides is 2. The van der Waals surface area contributed by atoms with E-state index in [4.69, 9.17) is 26.1 Å². The Bertz CT molecular complexity index is 2140. The predicted octanol–water partition coefficient (Wildman–Crippen LogP) is 4.85. The van der Waals surface area contributed by atoms with Crippen molar-refractivity contribution < 1.29 is 19.1 Å². The lowest BCUT2D eigenvalue weighted by molar-refractivity contribution is 0.0886. The van der Waals surface area contributed by atoms with E-state index in [1.807, 2.05) is 34.5 Å². The maximum atomic E-state index is 14.1. The Hall–Kier alpha value is -5.35. The van der Waals surface area contributed by atoms with Gasteiger partial charge in [-0.05, 0) is 60.0 Å². The maximum Gasteiger partial charge on any atom is 0.407 e. The van der Waals surface area contributed by atoms with Gasteiger partial charge in [-0.15, -0.1) is 33.1 Å². The van der Waals surface area contributed by atoms with Crippen LogP contribution in [0, 0.1) is 0 Å². The molecule has 1 fully saturated rings. The van der Waals surface area contributed by atoms with Gasteiger partial charge < -0.3 is 19.7 Å². The zero-order chi connectivity index (χ0) is 36.8. The second kappa shape index (κ2) is 15.9. The highest BCUT2D eigenvalue weighted by Crippen LogP contribution is 2.27. The van der Waals surface area contributed by atoms with Gasteiger partial charge in [0.25, 0.3) is 11.5 Å². The molecule has 1 aromatic carbocycles. The van der Waals surface area contributed by atoms with Crippen LogP contribution in [0.15, 0.2) is 52.8 Å². The molecule has 52 heavy (non-hydrogen) atoms. The third-order valence-corrected chi connectivity index (χ3v) is 9.21. The summed E-state index contributed by atoms with van der Waals surface area (Å²) in [5, 5.41) is 20.6. The minimum absolute atomic E-state index is 0.160. The van der Waals surface area contributed by atoms with E-state index in [0.29, 0.717) is 54.8 Å². The Balaban J connectivity index is 1.30. The molecule has 2 amide bonds. The molecule has 272 valence electrons. The molecule has 1 atom stereocenters. The van der Waals surface area contributed by atoms with E-state index < -0.39 is 12.2 Å². The summed E-state index contributed by atoms with van der Waals surface area (Å²) in [5.41, 5.74) is 2.15. The molecule has 15 nitrogen and oxygen atoms in total. The Morgan fingerprint density at radius 2 is 1.94 bits per heavy atom. The average Bonchev–Trinajstić information content (AvgIpc) is 3.80. The number of tetrazole rings is 1. The fourth-order valence-electron chi connectivity index (χ4n) is 5.52. The van der Waals surface area contributed by atoms with Crippen LogP contribution in [0.3, 0.4) is 0 Å². The monoisotopic (exact) mass is 746 g/mol. The Kier molecular flexibility index (Phi) is 11.1. The van der Waals surface area contributed by atoms with Crippen molar-refractivity contribution >= 4 is 63.7 Å². The first kappa shape index (κ1) is 36.4. The number of anilines is 2. The van der Waals surface area contributed by atoms with Crippen LogP contribution < -0.4 is 25.8 Å². The number of carbonyl (C=O) groups excluding carboxylic acids is 2. The average molecular weight is 747 g/mol. The minimum atomic E-state index is -0.562. The van der Waals surface area contributed by atoms with E-state index in [1.54, 1.807) is 31.4 Å². The molecule has 0 spiro atoms. The van der Waals surface area contributed by atoms with Crippen LogP contribution in [-0.4, -0.2) is 85.3 Å². The van der Waals surface area contributed by atoms with Crippen LogP contribution in [0.1, 0.15) is 66.6 Å². The highest BCUT2D eigenvalue weighted by Gasteiger charge is 2.27. The number of methoxy groups -OCH3 is 1. The van der Waals surface area contributed by atoms with Gasteiger partial charge in [0, 0.05) is 41.5 Å². The van der Waals surface area contributed by atoms with E-state index in [1.165, 1.54) is 26.7 Å². The molecule has 5 heterocycles. The predicted molar refractivity (Wildman–Crippen MR) is 200 cm³/mol. The summed E-state index contributed by atoms with van der Waals surface area (Å²) in [5.74, 6) is 1.29. The SMILES string of the molecule is COc1ccc(Cn2nnc(C=Cc3c(N4CCC[C@H](OC(=O)NCCCl)C4)nc4cc(C(=O)Nc5nc(C(C)(C)C)cs5)ccn4c3=O)n2)cc1. The van der Waals surface area contributed by atoms with Crippen molar-refractivity contribution in [1.82, 2.24) is 39.9 Å². The molecule has 0 unspecified atom stereocenters. The molecule has 17 heteroatoms. The van der Waals surface area contributed by atoms with Gasteiger partial charge in [0.2, 0.25) is 0 Å². The number of hydrogen-bond acceptors (Lipinski definition) is 12. The van der Waals surface area contributed by atoms with E-state index in [0.717, 1.165) is 17.0 Å². The van der Waals surface area contributed by atoms with Gasteiger partial charge in [0.05, 0.1) is 31.5 Å². The number of thiazole rings is 1. The molecule has 0 saturated carbocycles. The van der Waals surface area contributed by atoms with Gasteiger partial charge in [0.1, 0.15) is 23.3 Å². The van der Waals surface area contributed by atoms with Crippen molar-refractivity contribution in [3.05, 3.63) is 86.5 Å². The number of piperidine rings is 1. The highest BCUT2D eigenvalue weighted by molar-refractivity contribution is 7.14. The summed E-state index contributed by atoms with van der Waals surface area (Å²) in [6.07, 6.45) is 5.05. The molecule has 0 bridgehead atoms. The quantitative estimate of drug-likeness (QED) is 0.177. The van der Waals surface area contributed by atoms with E-state index >= 15 is 0 Å². The number of benzene rings is 1. The number of hydrogen-bond donors (Lipinski definition) is 2. The lowest BCUT2D eigenvalue weighted by Crippen LogP contribution is -2.43. The van der Waals surface area contributed by atoms with E-state index in [-0.39, 0.29) is 40.5 Å². The largest absolute Gasteiger partial charge is 0.497 e. The van der Waals surface area contributed by atoms with Gasteiger partial charge in [-0.3, -0.25) is 19.3 Å². The molecule has 1 aliphatic rings. The summed E-state index contributed by atoms with van der Waals surface area (Å²) >= 11 is 7.06. The van der Waals surface area contributed by atoms with Crippen molar-refractivity contribution in [2.45, 2.75) is 51.7 Å². The van der Waals surface area contributed by atoms with Gasteiger partial charge in [-0.25, -0.2) is 14.8 Å². The van der Waals surface area contributed by atoms with Gasteiger partial charge >= 0.3 is 6.09 Å². The fourth-order valence-corrected chi connectivity index (χ4v) is 6.55. The van der Waals surface area contributed by atoms with Crippen LogP contribution in [0.4, 0.5) is 15.7 Å². The fraction of sp³-hybridized carbons (Fsp3) is 0.371. The lowest BCUT2D eigenvalue weighted by Gasteiger charge is -2.33. The van der Waals surface area contributed by atoms with Crippen molar-refractivity contribution in [3.8, 4) is 5.75 Å². The number of pyridine rings is 1. The van der Waals surface area contributed by atoms with Crippen molar-refractivity contribution in [2.75, 3.05) is 42.8 Å². The van der Waals surface area contributed by atoms with Crippen molar-refractivity contribution in [3.63, 3.8) is 0 Å². The first-order chi connectivity index (χ1) is 25.0. The maximum absolute atomic E-state index is 14.1. The lowest BCUT2D eigenvalue weighted by atomic mass is 9.93. The Labute approximate surface area is 308 Å². The van der Waals surface area contributed by atoms with Gasteiger partial charge in [-0.1, -0.05) is 32.9 Å². The number of nitrogens with zero attached hydrogens (tertiary/aromatic N) is 8. The Morgan fingerprint density at radius 1 is 1.13 bits per heavy atom. The minimum Gasteiger partial charge on any atom is -0.497 e. The molecule has 6 rings (SSSR count). The van der Waals surface area contributed by atoms with Crippen LogP contribution in [-0.2, 0) is 16.7 Å². The number of fused-ring (bicyclic) bond motifs is 1. The summed E-state index contributed by atoms with van der Waals surface area (Å²) in [6, 6.07) is 10.7. The molecule has 2 N–H and O–H groups in total. The summed E-state index contributed by atoms with van der Waals surface area (Å²) < 4.78 is 12.3. The normalized spacial score (nSPS) is 14.9. The highest BCUT2D eigenvalue weighted by atomic mass is 35.5. The smallest absolute Gasteiger partial charge is 0.407 e. The first-order valence-corrected chi connectivity index (χ1v) is 18.1. The first-order valence-electron chi connectivity index (χ1n) is 16.7. The molecule has 1 saturated heterocycles. The summed E-state index contributed by atoms with van der Waals surface area (Å²) in [4.78, 5) is 52.6.